The van der Waals surface area contributed by atoms with E-state index in [1.807, 2.05) is 6.92 Å². The van der Waals surface area contributed by atoms with Crippen LogP contribution in [0.3, 0.4) is 0 Å². The second-order valence-corrected chi connectivity index (χ2v) is 9.53. The van der Waals surface area contributed by atoms with Crippen molar-refractivity contribution in [2.75, 3.05) is 19.6 Å². The summed E-state index contributed by atoms with van der Waals surface area (Å²) in [6, 6.07) is 3.99. The zero-order chi connectivity index (χ0) is 24.6. The Labute approximate surface area is 195 Å². The Bertz CT molecular complexity index is 1000. The van der Waals surface area contributed by atoms with Crippen LogP contribution in [-0.4, -0.2) is 71.1 Å². The summed E-state index contributed by atoms with van der Waals surface area (Å²) < 4.78 is 37.8. The van der Waals surface area contributed by atoms with E-state index in [0.717, 1.165) is 0 Å². The molecule has 2 aliphatic heterocycles. The lowest BCUT2D eigenvalue weighted by Crippen LogP contribution is -2.46. The Kier molecular flexibility index (Phi) is 6.80. The van der Waals surface area contributed by atoms with E-state index in [9.17, 15) is 32.3 Å². The van der Waals surface area contributed by atoms with Gasteiger partial charge in [-0.25, -0.2) is 0 Å². The number of likely N-dealkylation sites (tertiary alicyclic amines) is 1. The SMILES string of the molecule is C[C@H](NC(=O)c1ccc2c(c1)CN(C1CCC(=O)CC1=O)C2=O)C1CCN(CC(F)(F)F)CC1. The summed E-state index contributed by atoms with van der Waals surface area (Å²) in [6.07, 6.45) is -2.61. The minimum absolute atomic E-state index is 0.0833. The number of amides is 2. The van der Waals surface area contributed by atoms with Crippen LogP contribution in [0.5, 0.6) is 0 Å². The zero-order valence-electron chi connectivity index (χ0n) is 19.0. The van der Waals surface area contributed by atoms with E-state index >= 15 is 0 Å². The summed E-state index contributed by atoms with van der Waals surface area (Å²) in [6.45, 7) is 1.84. The van der Waals surface area contributed by atoms with Gasteiger partial charge in [0.15, 0.2) is 5.78 Å². The highest BCUT2D eigenvalue weighted by Crippen LogP contribution is 2.30. The number of Topliss-reactive ketones (excluding diaryl/α,β-unsaturated/α-hetero) is 2. The number of hydrogen-bond donors (Lipinski definition) is 1. The van der Waals surface area contributed by atoms with Crippen LogP contribution >= 0.6 is 0 Å². The molecule has 2 fully saturated rings. The van der Waals surface area contributed by atoms with Crippen molar-refractivity contribution in [2.24, 2.45) is 5.92 Å². The van der Waals surface area contributed by atoms with Crippen molar-refractivity contribution in [3.63, 3.8) is 0 Å². The maximum atomic E-state index is 12.8. The van der Waals surface area contributed by atoms with Gasteiger partial charge in [-0.1, -0.05) is 0 Å². The van der Waals surface area contributed by atoms with Gasteiger partial charge in [0.1, 0.15) is 5.78 Å². The average Bonchev–Trinajstić information content (AvgIpc) is 3.08. The Morgan fingerprint density at radius 2 is 1.85 bits per heavy atom. The molecule has 1 aromatic carbocycles. The van der Waals surface area contributed by atoms with Crippen LogP contribution in [0.1, 0.15) is 65.3 Å². The minimum Gasteiger partial charge on any atom is -0.349 e. The number of carbonyl (C=O) groups is 4. The van der Waals surface area contributed by atoms with E-state index < -0.39 is 18.8 Å². The van der Waals surface area contributed by atoms with Crippen LogP contribution in [0.15, 0.2) is 18.2 Å². The smallest absolute Gasteiger partial charge is 0.349 e. The van der Waals surface area contributed by atoms with Crippen LogP contribution < -0.4 is 5.32 Å². The van der Waals surface area contributed by atoms with Crippen LogP contribution in [0.4, 0.5) is 13.2 Å². The van der Waals surface area contributed by atoms with Crippen LogP contribution in [0.2, 0.25) is 0 Å². The molecule has 4 rings (SSSR count). The molecule has 0 bridgehead atoms. The highest BCUT2D eigenvalue weighted by atomic mass is 19.4. The molecule has 1 unspecified atom stereocenters. The van der Waals surface area contributed by atoms with E-state index in [0.29, 0.717) is 49.0 Å². The van der Waals surface area contributed by atoms with Crippen molar-refractivity contribution in [3.8, 4) is 0 Å². The molecule has 7 nitrogen and oxygen atoms in total. The van der Waals surface area contributed by atoms with Crippen LogP contribution in [0.25, 0.3) is 0 Å². The van der Waals surface area contributed by atoms with Gasteiger partial charge in [0, 0.05) is 30.1 Å². The Morgan fingerprint density at radius 1 is 1.15 bits per heavy atom. The van der Waals surface area contributed by atoms with E-state index in [1.165, 1.54) is 9.80 Å². The number of piperidine rings is 1. The van der Waals surface area contributed by atoms with Gasteiger partial charge < -0.3 is 10.2 Å². The molecule has 1 aromatic rings. The number of hydrogen-bond acceptors (Lipinski definition) is 5. The summed E-state index contributed by atoms with van der Waals surface area (Å²) in [4.78, 5) is 52.3. The average molecular weight is 479 g/mol. The fourth-order valence-electron chi connectivity index (χ4n) is 5.20. The molecule has 1 aliphatic carbocycles. The molecule has 1 saturated heterocycles. The first kappa shape index (κ1) is 24.4. The van der Waals surface area contributed by atoms with E-state index in [1.54, 1.807) is 18.2 Å². The highest BCUT2D eigenvalue weighted by Gasteiger charge is 2.39. The molecule has 1 saturated carbocycles. The summed E-state index contributed by atoms with van der Waals surface area (Å²) in [5.74, 6) is -0.846. The Morgan fingerprint density at radius 3 is 2.50 bits per heavy atom. The second-order valence-electron chi connectivity index (χ2n) is 9.53. The third-order valence-corrected chi connectivity index (χ3v) is 7.12. The first-order valence-corrected chi connectivity index (χ1v) is 11.6. The third-order valence-electron chi connectivity index (χ3n) is 7.12. The van der Waals surface area contributed by atoms with Gasteiger partial charge >= 0.3 is 6.18 Å². The van der Waals surface area contributed by atoms with Crippen LogP contribution in [0, 0.1) is 5.92 Å². The monoisotopic (exact) mass is 479 g/mol. The molecular formula is C24H28F3N3O4. The second kappa shape index (κ2) is 9.48. The summed E-state index contributed by atoms with van der Waals surface area (Å²) in [7, 11) is 0. The van der Waals surface area contributed by atoms with Crippen molar-refractivity contribution in [3.05, 3.63) is 34.9 Å². The van der Waals surface area contributed by atoms with Crippen LogP contribution in [-0.2, 0) is 16.1 Å². The molecule has 0 aromatic heterocycles. The van der Waals surface area contributed by atoms with Gasteiger partial charge in [-0.05, 0) is 69.0 Å². The zero-order valence-corrected chi connectivity index (χ0v) is 19.0. The number of ketones is 2. The fourth-order valence-corrected chi connectivity index (χ4v) is 5.20. The lowest BCUT2D eigenvalue weighted by atomic mass is 9.90. The van der Waals surface area contributed by atoms with Crippen molar-refractivity contribution >= 4 is 23.4 Å². The molecule has 10 heteroatoms. The van der Waals surface area contributed by atoms with Crippen molar-refractivity contribution in [1.82, 2.24) is 15.1 Å². The van der Waals surface area contributed by atoms with E-state index in [4.69, 9.17) is 0 Å². The maximum Gasteiger partial charge on any atom is 0.401 e. The highest BCUT2D eigenvalue weighted by molar-refractivity contribution is 6.08. The minimum atomic E-state index is -4.21. The molecular weight excluding hydrogens is 451 g/mol. The molecule has 1 N–H and O–H groups in total. The molecule has 34 heavy (non-hydrogen) atoms. The van der Waals surface area contributed by atoms with Gasteiger partial charge in [0.25, 0.3) is 11.8 Å². The van der Waals surface area contributed by atoms with Gasteiger partial charge in [-0.3, -0.25) is 24.1 Å². The number of carbonyl (C=O) groups excluding carboxylic acids is 4. The molecule has 0 spiro atoms. The summed E-state index contributed by atoms with van der Waals surface area (Å²) >= 11 is 0. The largest absolute Gasteiger partial charge is 0.401 e. The molecule has 0 radical (unpaired) electrons. The predicted molar refractivity (Wildman–Crippen MR) is 116 cm³/mol. The topological polar surface area (TPSA) is 86.8 Å². The number of halogens is 3. The molecule has 2 atom stereocenters. The number of rotatable bonds is 5. The van der Waals surface area contributed by atoms with E-state index in [-0.39, 0.29) is 54.7 Å². The number of benzene rings is 1. The standard InChI is InChI=1S/C24H28F3N3O4/c1-14(15-6-8-29(9-7-15)13-24(25,26)27)28-22(33)16-2-4-19-17(10-16)12-30(23(19)34)20-5-3-18(31)11-21(20)32/h2,4,10,14-15,20H,3,5-9,11-13H2,1H3,(H,28,33)/t14-,20?/m0/s1. The molecule has 2 amide bonds. The maximum absolute atomic E-state index is 12.8. The number of nitrogens with zero attached hydrogens (tertiary/aromatic N) is 2. The number of fused-ring (bicyclic) bond motifs is 1. The first-order chi connectivity index (χ1) is 16.0. The number of nitrogens with one attached hydrogen (secondary N) is 1. The third kappa shape index (κ3) is 5.32. The van der Waals surface area contributed by atoms with E-state index in [2.05, 4.69) is 5.32 Å². The Hall–Kier alpha value is -2.75. The van der Waals surface area contributed by atoms with Gasteiger partial charge in [0.2, 0.25) is 0 Å². The summed E-state index contributed by atoms with van der Waals surface area (Å²) in [5, 5.41) is 2.95. The molecule has 2 heterocycles. The lowest BCUT2D eigenvalue weighted by Gasteiger charge is -2.35. The molecule has 3 aliphatic rings. The van der Waals surface area contributed by atoms with Crippen molar-refractivity contribution < 1.29 is 32.3 Å². The van der Waals surface area contributed by atoms with Gasteiger partial charge in [-0.15, -0.1) is 0 Å². The number of alkyl halides is 3. The normalized spacial score (nSPS) is 23.2. The first-order valence-electron chi connectivity index (χ1n) is 11.6. The predicted octanol–water partition coefficient (Wildman–Crippen LogP) is 2.73. The Balaban J connectivity index is 1.35. The molecule has 184 valence electrons. The fraction of sp³-hybridized carbons (Fsp3) is 0.583. The van der Waals surface area contributed by atoms with Gasteiger partial charge in [0.05, 0.1) is 19.0 Å². The van der Waals surface area contributed by atoms with Crippen molar-refractivity contribution in [1.29, 1.82) is 0 Å². The lowest BCUT2D eigenvalue weighted by molar-refractivity contribution is -0.148. The van der Waals surface area contributed by atoms with Crippen molar-refractivity contribution in [2.45, 2.75) is 63.8 Å². The summed E-state index contributed by atoms with van der Waals surface area (Å²) in [5.41, 5.74) is 1.50. The van der Waals surface area contributed by atoms with Gasteiger partial charge in [-0.2, -0.15) is 13.2 Å². The quantitative estimate of drug-likeness (QED) is 0.657.